The molecule has 1 amide bonds. The van der Waals surface area contributed by atoms with E-state index in [9.17, 15) is 13.8 Å². The van der Waals surface area contributed by atoms with Crippen LogP contribution in [0.2, 0.25) is 0 Å². The second-order valence-corrected chi connectivity index (χ2v) is 7.89. The van der Waals surface area contributed by atoms with E-state index in [0.717, 1.165) is 0 Å². The van der Waals surface area contributed by atoms with Gasteiger partial charge in [0.05, 0.1) is 33.5 Å². The Balaban J connectivity index is 2.07. The number of hydrogen-bond donors (Lipinski definition) is 0. The molecular weight excluding hydrogens is 342 g/mol. The van der Waals surface area contributed by atoms with Crippen LogP contribution in [0, 0.1) is 0 Å². The number of carbonyl (C=O) groups excluding carboxylic acids is 2. The summed E-state index contributed by atoms with van der Waals surface area (Å²) in [6, 6.07) is 6.63. The van der Waals surface area contributed by atoms with Gasteiger partial charge in [-0.05, 0) is 32.9 Å². The molecular formula is C18H25NO5S. The minimum atomic E-state index is -1.27. The first-order chi connectivity index (χ1) is 11.8. The summed E-state index contributed by atoms with van der Waals surface area (Å²) < 4.78 is 23.1. The molecule has 4 unspecified atom stereocenters. The van der Waals surface area contributed by atoms with E-state index in [4.69, 9.17) is 9.47 Å². The zero-order valence-electron chi connectivity index (χ0n) is 15.1. The number of hydrogen-bond acceptors (Lipinski definition) is 5. The summed E-state index contributed by atoms with van der Waals surface area (Å²) >= 11 is 0. The van der Waals surface area contributed by atoms with E-state index < -0.39 is 22.9 Å². The monoisotopic (exact) mass is 367 g/mol. The van der Waals surface area contributed by atoms with Gasteiger partial charge in [0.1, 0.15) is 0 Å². The first-order valence-corrected chi connectivity index (χ1v) is 9.78. The van der Waals surface area contributed by atoms with Crippen molar-refractivity contribution in [3.63, 3.8) is 0 Å². The van der Waals surface area contributed by atoms with Gasteiger partial charge in [-0.3, -0.25) is 9.00 Å². The van der Waals surface area contributed by atoms with Gasteiger partial charge in [-0.1, -0.05) is 19.1 Å². The molecule has 6 nitrogen and oxygen atoms in total. The van der Waals surface area contributed by atoms with Crippen molar-refractivity contribution >= 4 is 22.7 Å². The van der Waals surface area contributed by atoms with Gasteiger partial charge in [-0.15, -0.1) is 0 Å². The number of amides is 1. The zero-order valence-corrected chi connectivity index (χ0v) is 15.9. The lowest BCUT2D eigenvalue weighted by molar-refractivity contribution is -0.151. The molecule has 2 rings (SSSR count). The van der Waals surface area contributed by atoms with Crippen molar-refractivity contribution in [1.29, 1.82) is 0 Å². The quantitative estimate of drug-likeness (QED) is 0.744. The summed E-state index contributed by atoms with van der Waals surface area (Å²) in [5, 5.41) is 0. The van der Waals surface area contributed by atoms with Gasteiger partial charge in [-0.2, -0.15) is 0 Å². The average Bonchev–Trinajstić information content (AvgIpc) is 2.59. The number of ether oxygens (including phenoxy) is 2. The summed E-state index contributed by atoms with van der Waals surface area (Å²) in [4.78, 5) is 27.1. The molecule has 1 aliphatic rings. The third-order valence-electron chi connectivity index (χ3n) is 3.98. The highest BCUT2D eigenvalue weighted by Gasteiger charge is 2.31. The average molecular weight is 367 g/mol. The Labute approximate surface area is 150 Å². The number of rotatable bonds is 5. The summed E-state index contributed by atoms with van der Waals surface area (Å²) in [6.45, 7) is 8.10. The van der Waals surface area contributed by atoms with Crippen LogP contribution in [0.1, 0.15) is 38.1 Å². The zero-order chi connectivity index (χ0) is 18.6. The maximum Gasteiger partial charge on any atom is 0.340 e. The van der Waals surface area contributed by atoms with Gasteiger partial charge in [0.25, 0.3) is 5.91 Å². The van der Waals surface area contributed by atoms with Crippen molar-refractivity contribution in [2.75, 3.05) is 18.8 Å². The molecule has 0 saturated carbocycles. The van der Waals surface area contributed by atoms with Gasteiger partial charge < -0.3 is 14.4 Å². The molecule has 0 spiro atoms. The molecule has 1 fully saturated rings. The SMILES string of the molecule is CCS(=O)c1ccccc1C(=O)OC(C)C(=O)N1CC(C)OC(C)C1. The molecule has 7 heteroatoms. The van der Waals surface area contributed by atoms with Gasteiger partial charge in [0.15, 0.2) is 6.10 Å². The molecule has 138 valence electrons. The van der Waals surface area contributed by atoms with E-state index in [1.54, 1.807) is 43.0 Å². The van der Waals surface area contributed by atoms with Crippen molar-refractivity contribution in [1.82, 2.24) is 4.90 Å². The molecule has 1 aliphatic heterocycles. The van der Waals surface area contributed by atoms with Gasteiger partial charge in [-0.25, -0.2) is 4.79 Å². The molecule has 0 aromatic heterocycles. The molecule has 1 saturated heterocycles. The molecule has 25 heavy (non-hydrogen) atoms. The van der Waals surface area contributed by atoms with E-state index in [2.05, 4.69) is 0 Å². The second-order valence-electron chi connectivity index (χ2n) is 6.18. The van der Waals surface area contributed by atoms with Gasteiger partial charge in [0, 0.05) is 18.8 Å². The highest BCUT2D eigenvalue weighted by atomic mass is 32.2. The van der Waals surface area contributed by atoms with Crippen LogP contribution >= 0.6 is 0 Å². The third-order valence-corrected chi connectivity index (χ3v) is 5.35. The predicted octanol–water partition coefficient (Wildman–Crippen LogP) is 2.00. The van der Waals surface area contributed by atoms with Crippen LogP contribution < -0.4 is 0 Å². The number of nitrogens with zero attached hydrogens (tertiary/aromatic N) is 1. The Morgan fingerprint density at radius 2 is 1.88 bits per heavy atom. The van der Waals surface area contributed by atoms with Gasteiger partial charge >= 0.3 is 5.97 Å². The van der Waals surface area contributed by atoms with Crippen LogP contribution in [0.4, 0.5) is 0 Å². The standard InChI is InChI=1S/C18H25NO5S/c1-5-25(22)16-9-7-6-8-15(16)18(21)24-14(4)17(20)19-10-12(2)23-13(3)11-19/h6-9,12-14H,5,10-11H2,1-4H3. The van der Waals surface area contributed by atoms with Crippen molar-refractivity contribution in [3.05, 3.63) is 29.8 Å². The molecule has 4 atom stereocenters. The van der Waals surface area contributed by atoms with Crippen LogP contribution in [0.5, 0.6) is 0 Å². The first kappa shape index (κ1) is 19.6. The summed E-state index contributed by atoms with van der Waals surface area (Å²) in [6.07, 6.45) is -1.01. The Kier molecular flexibility index (Phi) is 6.72. The Morgan fingerprint density at radius 1 is 1.28 bits per heavy atom. The molecule has 0 aliphatic carbocycles. The topological polar surface area (TPSA) is 72.9 Å². The maximum absolute atomic E-state index is 12.6. The highest BCUT2D eigenvalue weighted by Crippen LogP contribution is 2.17. The molecule has 0 radical (unpaired) electrons. The van der Waals surface area contributed by atoms with Gasteiger partial charge in [0.2, 0.25) is 0 Å². The second kappa shape index (κ2) is 8.58. The van der Waals surface area contributed by atoms with Crippen molar-refractivity contribution in [2.24, 2.45) is 0 Å². The number of morpholine rings is 1. The molecule has 1 heterocycles. The normalized spacial score (nSPS) is 23.0. The van der Waals surface area contributed by atoms with Crippen LogP contribution in [-0.2, 0) is 25.1 Å². The minimum Gasteiger partial charge on any atom is -0.449 e. The predicted molar refractivity (Wildman–Crippen MR) is 94.9 cm³/mol. The molecule has 1 aromatic carbocycles. The first-order valence-electron chi connectivity index (χ1n) is 8.46. The van der Waals surface area contributed by atoms with E-state index in [0.29, 0.717) is 23.7 Å². The fraction of sp³-hybridized carbons (Fsp3) is 0.556. The maximum atomic E-state index is 12.6. The lowest BCUT2D eigenvalue weighted by Crippen LogP contribution is -2.51. The van der Waals surface area contributed by atoms with E-state index >= 15 is 0 Å². The highest BCUT2D eigenvalue weighted by molar-refractivity contribution is 7.85. The molecule has 0 bridgehead atoms. The minimum absolute atomic E-state index is 0.0525. The number of carbonyl (C=O) groups is 2. The van der Waals surface area contributed by atoms with E-state index in [1.165, 1.54) is 0 Å². The Bertz CT molecular complexity index is 653. The van der Waals surface area contributed by atoms with E-state index in [-0.39, 0.29) is 23.7 Å². The summed E-state index contributed by atoms with van der Waals surface area (Å²) in [5.41, 5.74) is 0.242. The largest absolute Gasteiger partial charge is 0.449 e. The van der Waals surface area contributed by atoms with Crippen LogP contribution in [0.15, 0.2) is 29.2 Å². The summed E-state index contributed by atoms with van der Waals surface area (Å²) in [5.74, 6) is -0.473. The third kappa shape index (κ3) is 4.89. The summed E-state index contributed by atoms with van der Waals surface area (Å²) in [7, 11) is -1.27. The van der Waals surface area contributed by atoms with Crippen LogP contribution in [0.25, 0.3) is 0 Å². The van der Waals surface area contributed by atoms with Crippen LogP contribution in [-0.4, -0.2) is 58.1 Å². The fourth-order valence-electron chi connectivity index (χ4n) is 2.88. The van der Waals surface area contributed by atoms with Crippen LogP contribution in [0.3, 0.4) is 0 Å². The number of esters is 1. The van der Waals surface area contributed by atoms with Crippen molar-refractivity contribution < 1.29 is 23.3 Å². The lowest BCUT2D eigenvalue weighted by Gasteiger charge is -2.36. The Morgan fingerprint density at radius 3 is 2.48 bits per heavy atom. The molecule has 1 aromatic rings. The molecule has 0 N–H and O–H groups in total. The van der Waals surface area contributed by atoms with E-state index in [1.807, 2.05) is 13.8 Å². The lowest BCUT2D eigenvalue weighted by atomic mass is 10.2. The van der Waals surface area contributed by atoms with Crippen molar-refractivity contribution in [3.8, 4) is 0 Å². The fourth-order valence-corrected chi connectivity index (χ4v) is 3.82. The smallest absolute Gasteiger partial charge is 0.340 e. The number of benzene rings is 1. The van der Waals surface area contributed by atoms with Crippen molar-refractivity contribution in [2.45, 2.75) is 50.9 Å². The Hall–Kier alpha value is -1.73.